The molecule has 5 nitrogen and oxygen atoms in total. The third kappa shape index (κ3) is 7.29. The average Bonchev–Trinajstić information content (AvgIpc) is 3.48. The van der Waals surface area contributed by atoms with Crippen LogP contribution in [0.15, 0.2) is 23.3 Å². The van der Waals surface area contributed by atoms with Crippen LogP contribution in [-0.4, -0.2) is 36.8 Å². The van der Waals surface area contributed by atoms with Crippen LogP contribution in [0.2, 0.25) is 0 Å². The maximum absolute atomic E-state index is 12.8. The van der Waals surface area contributed by atoms with Gasteiger partial charge in [-0.25, -0.2) is 4.98 Å². The van der Waals surface area contributed by atoms with Crippen molar-refractivity contribution in [2.24, 2.45) is 16.8 Å². The molecule has 0 unspecified atom stereocenters. The van der Waals surface area contributed by atoms with Crippen molar-refractivity contribution < 1.29 is 17.9 Å². The monoisotopic (exact) mass is 512 g/mol. The molecule has 1 aromatic rings. The van der Waals surface area contributed by atoms with Gasteiger partial charge in [0, 0.05) is 31.9 Å². The summed E-state index contributed by atoms with van der Waals surface area (Å²) in [5.74, 6) is 0.720. The minimum absolute atomic E-state index is 0. The molecule has 1 heterocycles. The second-order valence-electron chi connectivity index (χ2n) is 7.42. The lowest BCUT2D eigenvalue weighted by molar-refractivity contribution is -0.182. The van der Waals surface area contributed by atoms with Crippen LogP contribution in [0.4, 0.5) is 13.2 Å². The van der Waals surface area contributed by atoms with Gasteiger partial charge in [-0.15, -0.1) is 24.0 Å². The van der Waals surface area contributed by atoms with Crippen molar-refractivity contribution in [2.45, 2.75) is 57.3 Å². The lowest BCUT2D eigenvalue weighted by Gasteiger charge is -2.31. The molecule has 2 N–H and O–H groups in total. The number of halogens is 4. The molecular weight excluding hydrogens is 484 g/mol. The Labute approximate surface area is 180 Å². The second kappa shape index (κ2) is 10.5. The van der Waals surface area contributed by atoms with Crippen molar-refractivity contribution in [3.05, 3.63) is 23.9 Å². The number of aliphatic imine (C=N–C) groups is 1. The Kier molecular flexibility index (Phi) is 8.63. The van der Waals surface area contributed by atoms with Crippen molar-refractivity contribution >= 4 is 29.9 Å². The molecule has 0 aliphatic heterocycles. The van der Waals surface area contributed by atoms with E-state index >= 15 is 0 Å². The molecule has 2 aliphatic rings. The van der Waals surface area contributed by atoms with E-state index in [-0.39, 0.29) is 42.9 Å². The normalized spacial score (nSPS) is 22.9. The number of alkyl halides is 3. The molecule has 2 fully saturated rings. The average molecular weight is 512 g/mol. The Hall–Kier alpha value is -1.26. The van der Waals surface area contributed by atoms with Gasteiger partial charge in [0.1, 0.15) is 0 Å². The minimum Gasteiger partial charge on any atom is -0.477 e. The second-order valence-corrected chi connectivity index (χ2v) is 7.42. The van der Waals surface area contributed by atoms with Crippen LogP contribution in [0, 0.1) is 11.8 Å². The van der Waals surface area contributed by atoms with Crippen molar-refractivity contribution in [3.8, 4) is 5.88 Å². The van der Waals surface area contributed by atoms with Crippen LogP contribution >= 0.6 is 24.0 Å². The quantitative estimate of drug-likeness (QED) is 0.340. The maximum atomic E-state index is 12.8. The topological polar surface area (TPSA) is 58.5 Å². The number of nitrogens with zero attached hydrogens (tertiary/aromatic N) is 2. The summed E-state index contributed by atoms with van der Waals surface area (Å²) in [7, 11) is 1.66. The fourth-order valence-corrected chi connectivity index (χ4v) is 3.27. The van der Waals surface area contributed by atoms with E-state index in [0.29, 0.717) is 43.8 Å². The van der Waals surface area contributed by atoms with Gasteiger partial charge in [0.15, 0.2) is 5.96 Å². The lowest BCUT2D eigenvalue weighted by Crippen LogP contribution is -2.45. The summed E-state index contributed by atoms with van der Waals surface area (Å²) in [6, 6.07) is 3.82. The zero-order chi connectivity index (χ0) is 19.3. The van der Waals surface area contributed by atoms with Crippen LogP contribution in [0.1, 0.15) is 44.1 Å². The Morgan fingerprint density at radius 3 is 2.54 bits per heavy atom. The molecule has 0 spiro atoms. The van der Waals surface area contributed by atoms with Crippen molar-refractivity contribution in [3.63, 3.8) is 0 Å². The molecule has 0 amide bonds. The molecular formula is C19H28F3IN4O. The molecule has 1 aromatic heterocycles. The van der Waals surface area contributed by atoms with E-state index < -0.39 is 12.1 Å². The lowest BCUT2D eigenvalue weighted by atomic mass is 9.85. The third-order valence-corrected chi connectivity index (χ3v) is 5.18. The molecule has 0 radical (unpaired) electrons. The maximum Gasteiger partial charge on any atom is 0.391 e. The number of hydrogen-bond donors (Lipinski definition) is 2. The predicted octanol–water partition coefficient (Wildman–Crippen LogP) is 4.27. The zero-order valence-electron chi connectivity index (χ0n) is 16.0. The first-order valence-electron chi connectivity index (χ1n) is 9.55. The predicted molar refractivity (Wildman–Crippen MR) is 113 cm³/mol. The Morgan fingerprint density at radius 1 is 1.21 bits per heavy atom. The number of aromatic nitrogens is 1. The largest absolute Gasteiger partial charge is 0.477 e. The number of pyridine rings is 1. The smallest absolute Gasteiger partial charge is 0.391 e. The highest BCUT2D eigenvalue weighted by Crippen LogP contribution is 2.37. The molecule has 2 saturated carbocycles. The van der Waals surface area contributed by atoms with Gasteiger partial charge in [-0.1, -0.05) is 0 Å². The van der Waals surface area contributed by atoms with Crippen LogP contribution in [0.25, 0.3) is 0 Å². The van der Waals surface area contributed by atoms with E-state index in [1.807, 2.05) is 12.1 Å². The summed E-state index contributed by atoms with van der Waals surface area (Å²) >= 11 is 0. The highest BCUT2D eigenvalue weighted by atomic mass is 127. The molecule has 0 atom stereocenters. The van der Waals surface area contributed by atoms with Crippen molar-refractivity contribution in [1.82, 2.24) is 15.6 Å². The molecule has 0 bridgehead atoms. The first-order chi connectivity index (χ1) is 12.9. The molecule has 158 valence electrons. The van der Waals surface area contributed by atoms with Crippen LogP contribution < -0.4 is 15.4 Å². The molecule has 28 heavy (non-hydrogen) atoms. The highest BCUT2D eigenvalue weighted by molar-refractivity contribution is 14.0. The van der Waals surface area contributed by atoms with Crippen molar-refractivity contribution in [1.29, 1.82) is 0 Å². The molecule has 3 rings (SSSR count). The van der Waals surface area contributed by atoms with Gasteiger partial charge in [0.05, 0.1) is 12.5 Å². The van der Waals surface area contributed by atoms with E-state index in [0.717, 1.165) is 5.56 Å². The van der Waals surface area contributed by atoms with E-state index in [9.17, 15) is 13.2 Å². The fourth-order valence-electron chi connectivity index (χ4n) is 3.27. The Balaban J connectivity index is 0.00000280. The first kappa shape index (κ1) is 23.0. The fraction of sp³-hybridized carbons (Fsp3) is 0.684. The Morgan fingerprint density at radius 2 is 1.93 bits per heavy atom. The summed E-state index contributed by atoms with van der Waals surface area (Å²) in [4.78, 5) is 8.40. The minimum atomic E-state index is -4.08. The number of ether oxygens (including phenoxy) is 1. The van der Waals surface area contributed by atoms with Gasteiger partial charge in [-0.2, -0.15) is 13.2 Å². The molecule has 2 aliphatic carbocycles. The summed E-state index contributed by atoms with van der Waals surface area (Å²) in [5.41, 5.74) is 1.01. The number of guanidine groups is 1. The molecule has 0 aromatic carbocycles. The van der Waals surface area contributed by atoms with Gasteiger partial charge in [0.2, 0.25) is 5.88 Å². The van der Waals surface area contributed by atoms with Crippen LogP contribution in [0.5, 0.6) is 5.88 Å². The van der Waals surface area contributed by atoms with Gasteiger partial charge >= 0.3 is 6.18 Å². The summed E-state index contributed by atoms with van der Waals surface area (Å²) in [6.07, 6.45) is 1.44. The first-order valence-corrected chi connectivity index (χ1v) is 9.55. The molecule has 9 heteroatoms. The van der Waals surface area contributed by atoms with E-state index in [2.05, 4.69) is 20.6 Å². The van der Waals surface area contributed by atoms with Crippen molar-refractivity contribution in [2.75, 3.05) is 13.7 Å². The Bertz CT molecular complexity index is 644. The highest BCUT2D eigenvalue weighted by Gasteiger charge is 2.41. The van der Waals surface area contributed by atoms with E-state index in [1.165, 1.54) is 12.8 Å². The number of rotatable bonds is 6. The zero-order valence-corrected chi connectivity index (χ0v) is 18.3. The SMILES string of the molecule is CN=C(NCc1ccnc(OCC2CC2)c1)NC1CCC(C(F)(F)F)CC1.I. The summed E-state index contributed by atoms with van der Waals surface area (Å²) < 4.78 is 44.0. The van der Waals surface area contributed by atoms with Gasteiger partial charge in [-0.3, -0.25) is 4.99 Å². The summed E-state index contributed by atoms with van der Waals surface area (Å²) in [6.45, 7) is 1.26. The van der Waals surface area contributed by atoms with Crippen LogP contribution in [0.3, 0.4) is 0 Å². The summed E-state index contributed by atoms with van der Waals surface area (Å²) in [5, 5.41) is 6.45. The van der Waals surface area contributed by atoms with E-state index in [1.54, 1.807) is 13.2 Å². The molecule has 0 saturated heterocycles. The number of hydrogen-bond acceptors (Lipinski definition) is 3. The standard InChI is InChI=1S/C19H27F3N4O.HI/c1-23-18(26-16-6-4-15(5-7-16)19(20,21)22)25-11-14-8-9-24-17(10-14)27-12-13-2-3-13;/h8-10,13,15-16H,2-7,11-12H2,1H3,(H2,23,25,26);1H. The van der Waals surface area contributed by atoms with Gasteiger partial charge < -0.3 is 15.4 Å². The number of nitrogens with one attached hydrogen (secondary N) is 2. The third-order valence-electron chi connectivity index (χ3n) is 5.18. The van der Waals surface area contributed by atoms with E-state index in [4.69, 9.17) is 4.74 Å². The van der Waals surface area contributed by atoms with Gasteiger partial charge in [-0.05, 0) is 56.1 Å². The van der Waals surface area contributed by atoms with Crippen LogP contribution in [-0.2, 0) is 6.54 Å². The van der Waals surface area contributed by atoms with Gasteiger partial charge in [0.25, 0.3) is 0 Å².